The molecule has 2 amide bonds. The number of aromatic amines is 1. The number of H-pyrrole nitrogens is 1. The summed E-state index contributed by atoms with van der Waals surface area (Å²) in [6, 6.07) is 11.3. The molecular weight excluding hydrogens is 334 g/mol. The largest absolute Gasteiger partial charge is 0.356 e. The second-order valence-electron chi connectivity index (χ2n) is 5.09. The summed E-state index contributed by atoms with van der Waals surface area (Å²) in [6.07, 6.45) is 3.25. The van der Waals surface area contributed by atoms with E-state index in [9.17, 15) is 9.59 Å². The third kappa shape index (κ3) is 2.71. The zero-order chi connectivity index (χ0) is 14.9. The van der Waals surface area contributed by atoms with Gasteiger partial charge in [0.15, 0.2) is 0 Å². The predicted octanol–water partition coefficient (Wildman–Crippen LogP) is 2.27. The average Bonchev–Trinajstić information content (AvgIpc) is 3.21. The molecular formula is C15H14BrN3O2. The van der Waals surface area contributed by atoms with Gasteiger partial charge in [-0.2, -0.15) is 0 Å². The van der Waals surface area contributed by atoms with Crippen LogP contribution in [0.5, 0.6) is 0 Å². The molecule has 1 fully saturated rings. The van der Waals surface area contributed by atoms with Crippen LogP contribution in [-0.4, -0.2) is 16.8 Å². The second-order valence-corrected chi connectivity index (χ2v) is 6.00. The summed E-state index contributed by atoms with van der Waals surface area (Å²) in [7, 11) is 0. The number of hydrogen-bond acceptors (Lipinski definition) is 2. The number of benzene rings is 1. The molecule has 0 spiro atoms. The molecule has 1 aliphatic carbocycles. The van der Waals surface area contributed by atoms with Gasteiger partial charge in [0.05, 0.1) is 5.41 Å². The molecule has 2 aromatic rings. The number of carbonyl (C=O) groups is 2. The minimum Gasteiger partial charge on any atom is -0.356 e. The van der Waals surface area contributed by atoms with Gasteiger partial charge in [-0.3, -0.25) is 20.4 Å². The Kier molecular flexibility index (Phi) is 3.55. The number of aromatic nitrogens is 1. The molecule has 1 aromatic carbocycles. The molecule has 0 aliphatic heterocycles. The Morgan fingerprint density at radius 1 is 1.14 bits per heavy atom. The molecule has 0 atom stereocenters. The van der Waals surface area contributed by atoms with Gasteiger partial charge in [-0.1, -0.05) is 30.3 Å². The smallest absolute Gasteiger partial charge is 0.286 e. The highest BCUT2D eigenvalue weighted by atomic mass is 79.9. The average molecular weight is 348 g/mol. The quantitative estimate of drug-likeness (QED) is 0.745. The Morgan fingerprint density at radius 2 is 1.86 bits per heavy atom. The number of hydrazine groups is 1. The van der Waals surface area contributed by atoms with E-state index in [-0.39, 0.29) is 11.8 Å². The summed E-state index contributed by atoms with van der Waals surface area (Å²) in [5.74, 6) is -0.550. The summed E-state index contributed by atoms with van der Waals surface area (Å²) in [6.45, 7) is 0. The monoisotopic (exact) mass is 347 g/mol. The molecule has 1 saturated carbocycles. The van der Waals surface area contributed by atoms with Crippen LogP contribution in [0.1, 0.15) is 28.9 Å². The Hall–Kier alpha value is -2.08. The van der Waals surface area contributed by atoms with Gasteiger partial charge in [-0.05, 0) is 40.4 Å². The molecule has 3 N–H and O–H groups in total. The maximum absolute atomic E-state index is 12.3. The summed E-state index contributed by atoms with van der Waals surface area (Å²) in [5, 5.41) is 0. The zero-order valence-electron chi connectivity index (χ0n) is 11.2. The molecule has 108 valence electrons. The fraction of sp³-hybridized carbons (Fsp3) is 0.200. The van der Waals surface area contributed by atoms with Gasteiger partial charge in [-0.15, -0.1) is 0 Å². The molecule has 3 rings (SSSR count). The van der Waals surface area contributed by atoms with Crippen LogP contribution in [0.4, 0.5) is 0 Å². The first-order chi connectivity index (χ1) is 10.1. The van der Waals surface area contributed by atoms with Gasteiger partial charge < -0.3 is 4.98 Å². The SMILES string of the molecule is O=C(NNC(=O)C1(c2ccccc2)CC1)c1cc(Br)c[nH]1. The first kappa shape index (κ1) is 13.9. The van der Waals surface area contributed by atoms with Crippen molar-refractivity contribution in [3.8, 4) is 0 Å². The molecule has 0 saturated heterocycles. The second kappa shape index (κ2) is 5.37. The van der Waals surface area contributed by atoms with E-state index in [2.05, 4.69) is 31.8 Å². The fourth-order valence-corrected chi connectivity index (χ4v) is 2.67. The zero-order valence-corrected chi connectivity index (χ0v) is 12.7. The lowest BCUT2D eigenvalue weighted by molar-refractivity contribution is -0.124. The van der Waals surface area contributed by atoms with Crippen LogP contribution in [0.3, 0.4) is 0 Å². The van der Waals surface area contributed by atoms with Crippen molar-refractivity contribution in [1.82, 2.24) is 15.8 Å². The predicted molar refractivity (Wildman–Crippen MR) is 81.5 cm³/mol. The molecule has 1 aromatic heterocycles. The van der Waals surface area contributed by atoms with Crippen molar-refractivity contribution in [2.24, 2.45) is 0 Å². The minimum atomic E-state index is -0.495. The van der Waals surface area contributed by atoms with E-state index in [4.69, 9.17) is 0 Å². The van der Waals surface area contributed by atoms with Crippen LogP contribution in [0.25, 0.3) is 0 Å². The maximum Gasteiger partial charge on any atom is 0.286 e. The number of nitrogens with one attached hydrogen (secondary N) is 3. The fourth-order valence-electron chi connectivity index (χ4n) is 2.33. The number of amides is 2. The summed E-state index contributed by atoms with van der Waals surface area (Å²) in [4.78, 5) is 27.0. The van der Waals surface area contributed by atoms with Crippen LogP contribution in [0, 0.1) is 0 Å². The number of halogens is 1. The maximum atomic E-state index is 12.3. The van der Waals surface area contributed by atoms with E-state index in [0.717, 1.165) is 22.9 Å². The van der Waals surface area contributed by atoms with Crippen molar-refractivity contribution in [3.05, 3.63) is 58.3 Å². The molecule has 21 heavy (non-hydrogen) atoms. The highest BCUT2D eigenvalue weighted by Crippen LogP contribution is 2.48. The van der Waals surface area contributed by atoms with Gasteiger partial charge >= 0.3 is 0 Å². The van der Waals surface area contributed by atoms with Crippen molar-refractivity contribution < 1.29 is 9.59 Å². The first-order valence-electron chi connectivity index (χ1n) is 6.62. The third-order valence-electron chi connectivity index (χ3n) is 3.69. The topological polar surface area (TPSA) is 74.0 Å². The van der Waals surface area contributed by atoms with Crippen molar-refractivity contribution in [1.29, 1.82) is 0 Å². The van der Waals surface area contributed by atoms with Gasteiger partial charge in [0, 0.05) is 10.7 Å². The minimum absolute atomic E-state index is 0.173. The number of hydrogen-bond donors (Lipinski definition) is 3. The molecule has 0 unspecified atom stereocenters. The van der Waals surface area contributed by atoms with Crippen LogP contribution >= 0.6 is 15.9 Å². The number of carbonyl (C=O) groups excluding carboxylic acids is 2. The first-order valence-corrected chi connectivity index (χ1v) is 7.41. The van der Waals surface area contributed by atoms with Crippen molar-refractivity contribution in [2.45, 2.75) is 18.3 Å². The van der Waals surface area contributed by atoms with Crippen molar-refractivity contribution in [2.75, 3.05) is 0 Å². The van der Waals surface area contributed by atoms with Gasteiger partial charge in [-0.25, -0.2) is 0 Å². The lowest BCUT2D eigenvalue weighted by atomic mass is 9.95. The van der Waals surface area contributed by atoms with Gasteiger partial charge in [0.2, 0.25) is 5.91 Å². The summed E-state index contributed by atoms with van der Waals surface area (Å²) >= 11 is 3.25. The van der Waals surface area contributed by atoms with E-state index in [1.54, 1.807) is 12.3 Å². The van der Waals surface area contributed by atoms with E-state index in [1.807, 2.05) is 30.3 Å². The molecule has 1 heterocycles. The Morgan fingerprint density at radius 3 is 2.43 bits per heavy atom. The summed E-state index contributed by atoms with van der Waals surface area (Å²) in [5.41, 5.74) is 5.83. The molecule has 1 aliphatic rings. The van der Waals surface area contributed by atoms with E-state index >= 15 is 0 Å². The lowest BCUT2D eigenvalue weighted by Crippen LogP contribution is -2.46. The molecule has 5 nitrogen and oxygen atoms in total. The van der Waals surface area contributed by atoms with Crippen molar-refractivity contribution >= 4 is 27.7 Å². The Labute approximate surface area is 130 Å². The third-order valence-corrected chi connectivity index (χ3v) is 4.15. The normalized spacial score (nSPS) is 15.3. The van der Waals surface area contributed by atoms with Crippen LogP contribution in [0.15, 0.2) is 47.1 Å². The number of rotatable bonds is 3. The Bertz CT molecular complexity index is 677. The highest BCUT2D eigenvalue weighted by Gasteiger charge is 2.51. The van der Waals surface area contributed by atoms with Crippen molar-refractivity contribution in [3.63, 3.8) is 0 Å². The lowest BCUT2D eigenvalue weighted by Gasteiger charge is -2.15. The van der Waals surface area contributed by atoms with E-state index in [1.165, 1.54) is 0 Å². The summed E-state index contributed by atoms with van der Waals surface area (Å²) < 4.78 is 0.780. The highest BCUT2D eigenvalue weighted by molar-refractivity contribution is 9.10. The Balaban J connectivity index is 1.64. The standard InChI is InChI=1S/C15H14BrN3O2/c16-11-8-12(17-9-11)13(20)18-19-14(21)15(6-7-15)10-4-2-1-3-5-10/h1-5,8-9,17H,6-7H2,(H,18,20)(H,19,21). The molecule has 0 radical (unpaired) electrons. The van der Waals surface area contributed by atoms with Crippen LogP contribution in [0.2, 0.25) is 0 Å². The van der Waals surface area contributed by atoms with Gasteiger partial charge in [0.1, 0.15) is 5.69 Å². The molecule has 6 heteroatoms. The van der Waals surface area contributed by atoms with Crippen LogP contribution in [-0.2, 0) is 10.2 Å². The van der Waals surface area contributed by atoms with Gasteiger partial charge in [0.25, 0.3) is 5.91 Å². The van der Waals surface area contributed by atoms with Crippen LogP contribution < -0.4 is 10.9 Å². The van der Waals surface area contributed by atoms with E-state index < -0.39 is 5.41 Å². The molecule has 0 bridgehead atoms. The van der Waals surface area contributed by atoms with E-state index in [0.29, 0.717) is 5.69 Å².